The molecular formula is C10H19N3O. The summed E-state index contributed by atoms with van der Waals surface area (Å²) in [6, 6.07) is 0. The second-order valence-electron chi connectivity index (χ2n) is 3.85. The zero-order chi connectivity index (χ0) is 11.0. The average molecular weight is 197 g/mol. The number of hydrogen-bond acceptors (Lipinski definition) is 3. The maximum absolute atomic E-state index is 8.53. The summed E-state index contributed by atoms with van der Waals surface area (Å²) >= 11 is 0. The Kier molecular flexibility index (Phi) is 5.73. The molecule has 0 saturated carbocycles. The number of hydrogen-bond donors (Lipinski definition) is 3. The van der Waals surface area contributed by atoms with E-state index in [4.69, 9.17) is 17.4 Å². The third-order valence-corrected chi connectivity index (χ3v) is 2.18. The van der Waals surface area contributed by atoms with Crippen molar-refractivity contribution in [2.75, 3.05) is 13.1 Å². The number of terminal acetylenes is 1. The number of oxime groups is 1. The Balaban J connectivity index is 3.73. The van der Waals surface area contributed by atoms with Gasteiger partial charge < -0.3 is 16.3 Å². The smallest absolute Gasteiger partial charge is 0.144 e. The minimum absolute atomic E-state index is 0.257. The van der Waals surface area contributed by atoms with Crippen LogP contribution in [0.4, 0.5) is 0 Å². The molecule has 0 spiro atoms. The van der Waals surface area contributed by atoms with Crippen molar-refractivity contribution in [3.05, 3.63) is 0 Å². The van der Waals surface area contributed by atoms with Gasteiger partial charge >= 0.3 is 0 Å². The molecule has 0 unspecified atom stereocenters. The average Bonchev–Trinajstić information content (AvgIpc) is 2.16. The van der Waals surface area contributed by atoms with Crippen LogP contribution in [0.2, 0.25) is 0 Å². The van der Waals surface area contributed by atoms with Gasteiger partial charge in [0.1, 0.15) is 5.84 Å². The normalized spacial score (nSPS) is 12.5. The van der Waals surface area contributed by atoms with Crippen LogP contribution >= 0.6 is 0 Å². The second-order valence-corrected chi connectivity index (χ2v) is 3.85. The molecule has 0 saturated heterocycles. The third kappa shape index (κ3) is 4.73. The van der Waals surface area contributed by atoms with E-state index >= 15 is 0 Å². The van der Waals surface area contributed by atoms with Crippen LogP contribution in [0.5, 0.6) is 0 Å². The van der Waals surface area contributed by atoms with Gasteiger partial charge in [0.15, 0.2) is 0 Å². The molecule has 0 aliphatic carbocycles. The Bertz CT molecular complexity index is 228. The van der Waals surface area contributed by atoms with E-state index in [-0.39, 0.29) is 11.3 Å². The van der Waals surface area contributed by atoms with E-state index in [1.807, 2.05) is 13.8 Å². The molecule has 0 aliphatic rings. The van der Waals surface area contributed by atoms with Gasteiger partial charge in [-0.3, -0.25) is 0 Å². The number of nitrogens with one attached hydrogen (secondary N) is 1. The van der Waals surface area contributed by atoms with Crippen LogP contribution in [0.1, 0.15) is 26.7 Å². The second kappa shape index (κ2) is 6.28. The molecular weight excluding hydrogens is 178 g/mol. The van der Waals surface area contributed by atoms with E-state index in [9.17, 15) is 0 Å². The fourth-order valence-electron chi connectivity index (χ4n) is 1.08. The topological polar surface area (TPSA) is 70.6 Å². The first kappa shape index (κ1) is 12.8. The molecule has 0 atom stereocenters. The number of rotatable bonds is 6. The van der Waals surface area contributed by atoms with Crippen molar-refractivity contribution in [3.8, 4) is 12.3 Å². The van der Waals surface area contributed by atoms with Gasteiger partial charge in [0.25, 0.3) is 0 Å². The first-order valence-electron chi connectivity index (χ1n) is 4.67. The van der Waals surface area contributed by atoms with E-state index in [0.29, 0.717) is 6.54 Å². The lowest BCUT2D eigenvalue weighted by molar-refractivity contribution is 0.304. The van der Waals surface area contributed by atoms with Crippen LogP contribution in [0, 0.1) is 17.8 Å². The third-order valence-electron chi connectivity index (χ3n) is 2.18. The lowest BCUT2D eigenvalue weighted by Crippen LogP contribution is -2.32. The molecule has 0 heterocycles. The fraction of sp³-hybridized carbons (Fsp3) is 0.700. The first-order chi connectivity index (χ1) is 6.54. The Morgan fingerprint density at radius 2 is 2.29 bits per heavy atom. The van der Waals surface area contributed by atoms with Crippen molar-refractivity contribution in [2.45, 2.75) is 26.7 Å². The van der Waals surface area contributed by atoms with Crippen molar-refractivity contribution in [2.24, 2.45) is 16.3 Å². The maximum Gasteiger partial charge on any atom is 0.144 e. The quantitative estimate of drug-likeness (QED) is 0.147. The standard InChI is InChI=1S/C10H19N3O/c1-4-7-12-8-5-6-10(2,3)9(11)13-14/h1,12,14H,5-8H2,2-3H3,(H2,11,13). The van der Waals surface area contributed by atoms with E-state index in [0.717, 1.165) is 19.4 Å². The summed E-state index contributed by atoms with van der Waals surface area (Å²) in [4.78, 5) is 0. The summed E-state index contributed by atoms with van der Waals surface area (Å²) in [7, 11) is 0. The molecule has 0 radical (unpaired) electrons. The molecule has 80 valence electrons. The minimum Gasteiger partial charge on any atom is -0.409 e. The summed E-state index contributed by atoms with van der Waals surface area (Å²) < 4.78 is 0. The molecule has 0 aromatic heterocycles. The first-order valence-corrected chi connectivity index (χ1v) is 4.67. The lowest BCUT2D eigenvalue weighted by atomic mass is 9.86. The molecule has 0 bridgehead atoms. The van der Waals surface area contributed by atoms with Gasteiger partial charge in [0.05, 0.1) is 6.54 Å². The van der Waals surface area contributed by atoms with Crippen molar-refractivity contribution >= 4 is 5.84 Å². The summed E-state index contributed by atoms with van der Waals surface area (Å²) in [5.41, 5.74) is 5.28. The van der Waals surface area contributed by atoms with Gasteiger partial charge in [0.2, 0.25) is 0 Å². The largest absolute Gasteiger partial charge is 0.409 e. The van der Waals surface area contributed by atoms with E-state index in [2.05, 4.69) is 16.4 Å². The van der Waals surface area contributed by atoms with Crippen molar-refractivity contribution in [1.82, 2.24) is 5.32 Å². The van der Waals surface area contributed by atoms with E-state index in [1.165, 1.54) is 0 Å². The summed E-state index contributed by atoms with van der Waals surface area (Å²) in [6.07, 6.45) is 6.89. The van der Waals surface area contributed by atoms with Gasteiger partial charge in [0, 0.05) is 5.41 Å². The van der Waals surface area contributed by atoms with Crippen LogP contribution < -0.4 is 11.1 Å². The predicted octanol–water partition coefficient (Wildman–Crippen LogP) is 0.762. The van der Waals surface area contributed by atoms with Crippen LogP contribution in [-0.2, 0) is 0 Å². The summed E-state index contributed by atoms with van der Waals surface area (Å²) in [5, 5.41) is 14.6. The molecule has 0 fully saturated rings. The number of nitrogens with two attached hydrogens (primary N) is 1. The van der Waals surface area contributed by atoms with Gasteiger partial charge in [-0.25, -0.2) is 0 Å². The Morgan fingerprint density at radius 1 is 1.64 bits per heavy atom. The highest BCUT2D eigenvalue weighted by Crippen LogP contribution is 2.21. The van der Waals surface area contributed by atoms with Crippen LogP contribution in [-0.4, -0.2) is 24.1 Å². The van der Waals surface area contributed by atoms with E-state index < -0.39 is 0 Å². The molecule has 4 N–H and O–H groups in total. The molecule has 0 aromatic carbocycles. The molecule has 0 aliphatic heterocycles. The van der Waals surface area contributed by atoms with Gasteiger partial charge in [-0.1, -0.05) is 24.9 Å². The Labute approximate surface area is 85.6 Å². The van der Waals surface area contributed by atoms with Crippen molar-refractivity contribution < 1.29 is 5.21 Å². The summed E-state index contributed by atoms with van der Waals surface area (Å²) in [6.45, 7) is 5.34. The SMILES string of the molecule is C#CCNCCCC(C)(C)C(N)=NO. The lowest BCUT2D eigenvalue weighted by Gasteiger charge is -2.22. The highest BCUT2D eigenvalue weighted by molar-refractivity contribution is 5.85. The molecule has 14 heavy (non-hydrogen) atoms. The highest BCUT2D eigenvalue weighted by Gasteiger charge is 2.22. The minimum atomic E-state index is -0.257. The zero-order valence-corrected chi connectivity index (χ0v) is 8.88. The van der Waals surface area contributed by atoms with Crippen LogP contribution in [0.3, 0.4) is 0 Å². The summed E-state index contributed by atoms with van der Waals surface area (Å²) in [5.74, 6) is 2.77. The number of nitrogens with zero attached hydrogens (tertiary/aromatic N) is 1. The Hall–Kier alpha value is -1.21. The van der Waals surface area contributed by atoms with Crippen molar-refractivity contribution in [3.63, 3.8) is 0 Å². The molecule has 0 rings (SSSR count). The van der Waals surface area contributed by atoms with Gasteiger partial charge in [-0.05, 0) is 19.4 Å². The van der Waals surface area contributed by atoms with Crippen LogP contribution in [0.15, 0.2) is 5.16 Å². The fourth-order valence-corrected chi connectivity index (χ4v) is 1.08. The Morgan fingerprint density at radius 3 is 2.79 bits per heavy atom. The maximum atomic E-state index is 8.53. The molecule has 0 aromatic rings. The van der Waals surface area contributed by atoms with Crippen molar-refractivity contribution in [1.29, 1.82) is 0 Å². The molecule has 0 amide bonds. The highest BCUT2D eigenvalue weighted by atomic mass is 16.4. The number of amidine groups is 1. The van der Waals surface area contributed by atoms with E-state index in [1.54, 1.807) is 0 Å². The predicted molar refractivity (Wildman–Crippen MR) is 58.1 cm³/mol. The molecule has 4 nitrogen and oxygen atoms in total. The monoisotopic (exact) mass is 197 g/mol. The molecule has 4 heteroatoms. The van der Waals surface area contributed by atoms with Crippen LogP contribution in [0.25, 0.3) is 0 Å². The zero-order valence-electron chi connectivity index (χ0n) is 8.88. The van der Waals surface area contributed by atoms with Gasteiger partial charge in [-0.2, -0.15) is 0 Å². The van der Waals surface area contributed by atoms with Gasteiger partial charge in [-0.15, -0.1) is 6.42 Å².